The molecule has 2 saturated heterocycles. The molecule has 0 aromatic heterocycles. The quantitative estimate of drug-likeness (QED) is 0.827. The molecule has 2 fully saturated rings. The first-order valence-corrected chi connectivity index (χ1v) is 6.79. The second-order valence-electron chi connectivity index (χ2n) is 5.07. The Bertz CT molecular complexity index is 517. The van der Waals surface area contributed by atoms with Gasteiger partial charge in [0.15, 0.2) is 12.4 Å². The van der Waals surface area contributed by atoms with Crippen LogP contribution >= 0.6 is 0 Å². The molecule has 112 valence electrons. The van der Waals surface area contributed by atoms with Gasteiger partial charge in [-0.2, -0.15) is 0 Å². The SMILES string of the molecule is [C-]#[N+]C1C(OC)OC2COC(c3ccccc3)OC2C1O. The van der Waals surface area contributed by atoms with Gasteiger partial charge in [-0.25, -0.2) is 6.57 Å². The van der Waals surface area contributed by atoms with Crippen LogP contribution in [0.3, 0.4) is 0 Å². The van der Waals surface area contributed by atoms with Crippen LogP contribution in [0.2, 0.25) is 0 Å². The molecule has 0 amide bonds. The lowest BCUT2D eigenvalue weighted by Gasteiger charge is -2.43. The molecule has 0 saturated carbocycles. The lowest BCUT2D eigenvalue weighted by Crippen LogP contribution is -2.61. The Kier molecular flexibility index (Phi) is 4.19. The van der Waals surface area contributed by atoms with Gasteiger partial charge in [-0.05, 0) is 0 Å². The fraction of sp³-hybridized carbons (Fsp3) is 0.533. The van der Waals surface area contributed by atoms with E-state index in [-0.39, 0.29) is 6.61 Å². The largest absolute Gasteiger partial charge is 0.382 e. The van der Waals surface area contributed by atoms with Crippen LogP contribution in [-0.2, 0) is 18.9 Å². The van der Waals surface area contributed by atoms with E-state index < -0.39 is 36.9 Å². The third-order valence-corrected chi connectivity index (χ3v) is 3.79. The van der Waals surface area contributed by atoms with Crippen molar-refractivity contribution in [2.24, 2.45) is 0 Å². The van der Waals surface area contributed by atoms with Crippen LogP contribution in [0.25, 0.3) is 4.85 Å². The van der Waals surface area contributed by atoms with Gasteiger partial charge in [0.25, 0.3) is 0 Å². The minimum atomic E-state index is -0.971. The summed E-state index contributed by atoms with van der Waals surface area (Å²) in [5.41, 5.74) is 0.872. The number of hydrogen-bond acceptors (Lipinski definition) is 5. The molecule has 21 heavy (non-hydrogen) atoms. The van der Waals surface area contributed by atoms with Gasteiger partial charge in [-0.1, -0.05) is 30.3 Å². The normalized spacial score (nSPS) is 39.3. The summed E-state index contributed by atoms with van der Waals surface area (Å²) in [5.74, 6) is 0. The first kappa shape index (κ1) is 14.4. The van der Waals surface area contributed by atoms with Crippen LogP contribution in [0.5, 0.6) is 0 Å². The Morgan fingerprint density at radius 2 is 2.05 bits per heavy atom. The molecule has 2 aliphatic heterocycles. The number of rotatable bonds is 2. The topological polar surface area (TPSA) is 61.5 Å². The molecular formula is C15H17NO5. The summed E-state index contributed by atoms with van der Waals surface area (Å²) in [7, 11) is 1.45. The van der Waals surface area contributed by atoms with E-state index in [1.807, 2.05) is 30.3 Å². The molecule has 6 heteroatoms. The van der Waals surface area contributed by atoms with Gasteiger partial charge >= 0.3 is 6.04 Å². The second kappa shape index (κ2) is 6.10. The van der Waals surface area contributed by atoms with E-state index >= 15 is 0 Å². The Morgan fingerprint density at radius 3 is 2.71 bits per heavy atom. The maximum atomic E-state index is 10.4. The Labute approximate surface area is 123 Å². The molecule has 0 radical (unpaired) electrons. The highest BCUT2D eigenvalue weighted by molar-refractivity contribution is 5.17. The summed E-state index contributed by atoms with van der Waals surface area (Å²) in [4.78, 5) is 3.40. The molecular weight excluding hydrogens is 274 g/mol. The number of benzene rings is 1. The van der Waals surface area contributed by atoms with E-state index in [1.165, 1.54) is 7.11 Å². The van der Waals surface area contributed by atoms with E-state index in [9.17, 15) is 5.11 Å². The van der Waals surface area contributed by atoms with Crippen LogP contribution < -0.4 is 0 Å². The van der Waals surface area contributed by atoms with Gasteiger partial charge in [0.1, 0.15) is 12.2 Å². The summed E-state index contributed by atoms with van der Waals surface area (Å²) in [6, 6.07) is 8.68. The Balaban J connectivity index is 1.77. The maximum absolute atomic E-state index is 10.4. The summed E-state index contributed by atoms with van der Waals surface area (Å²) in [6.45, 7) is 7.48. The average molecular weight is 291 g/mol. The summed E-state index contributed by atoms with van der Waals surface area (Å²) < 4.78 is 22.2. The van der Waals surface area contributed by atoms with Crippen molar-refractivity contribution in [2.75, 3.05) is 13.7 Å². The summed E-state index contributed by atoms with van der Waals surface area (Å²) in [6.07, 6.45) is -3.34. The zero-order valence-electron chi connectivity index (χ0n) is 11.6. The van der Waals surface area contributed by atoms with Crippen LogP contribution in [0.15, 0.2) is 30.3 Å². The van der Waals surface area contributed by atoms with Gasteiger partial charge in [0.05, 0.1) is 6.61 Å². The van der Waals surface area contributed by atoms with Crippen molar-refractivity contribution in [3.63, 3.8) is 0 Å². The highest BCUT2D eigenvalue weighted by atomic mass is 16.7. The van der Waals surface area contributed by atoms with Crippen LogP contribution in [0, 0.1) is 6.57 Å². The van der Waals surface area contributed by atoms with Crippen LogP contribution in [0.1, 0.15) is 11.9 Å². The Hall–Kier alpha value is -1.49. The van der Waals surface area contributed by atoms with Crippen molar-refractivity contribution in [1.29, 1.82) is 0 Å². The molecule has 0 aliphatic carbocycles. The van der Waals surface area contributed by atoms with Gasteiger partial charge in [-0.3, -0.25) is 0 Å². The minimum Gasteiger partial charge on any atom is -0.382 e. The number of aliphatic hydroxyl groups excluding tert-OH is 1. The number of fused-ring (bicyclic) bond motifs is 1. The summed E-state index contributed by atoms with van der Waals surface area (Å²) in [5, 5.41) is 10.4. The predicted octanol–water partition coefficient (Wildman–Crippen LogP) is 1.12. The van der Waals surface area contributed by atoms with E-state index in [4.69, 9.17) is 25.5 Å². The lowest BCUT2D eigenvalue weighted by atomic mass is 9.96. The maximum Gasteiger partial charge on any atom is 0.301 e. The molecule has 0 bridgehead atoms. The molecule has 3 rings (SSSR count). The van der Waals surface area contributed by atoms with Gasteiger partial charge in [0, 0.05) is 12.7 Å². The standard InChI is InChI=1S/C15H17NO5/c1-16-11-12(17)13-10(20-15(11)18-2)8-19-14(21-13)9-6-4-3-5-7-9/h3-7,10-15,17H,8H2,2H3. The number of aliphatic hydroxyl groups is 1. The van der Waals surface area contributed by atoms with Crippen molar-refractivity contribution in [3.8, 4) is 0 Å². The zero-order valence-corrected chi connectivity index (χ0v) is 11.6. The fourth-order valence-corrected chi connectivity index (χ4v) is 2.69. The Morgan fingerprint density at radius 1 is 1.29 bits per heavy atom. The first-order chi connectivity index (χ1) is 10.2. The molecule has 1 aromatic carbocycles. The van der Waals surface area contributed by atoms with Crippen molar-refractivity contribution in [1.82, 2.24) is 0 Å². The molecule has 1 N–H and O–H groups in total. The van der Waals surface area contributed by atoms with E-state index in [1.54, 1.807) is 0 Å². The molecule has 0 spiro atoms. The summed E-state index contributed by atoms with van der Waals surface area (Å²) >= 11 is 0. The van der Waals surface area contributed by atoms with Crippen molar-refractivity contribution < 1.29 is 24.1 Å². The minimum absolute atomic E-state index is 0.284. The van der Waals surface area contributed by atoms with Gasteiger partial charge in [0.2, 0.25) is 6.29 Å². The monoisotopic (exact) mass is 291 g/mol. The average Bonchev–Trinajstić information content (AvgIpc) is 2.55. The first-order valence-electron chi connectivity index (χ1n) is 6.79. The number of ether oxygens (including phenoxy) is 4. The molecule has 6 unspecified atom stereocenters. The number of hydrogen-bond donors (Lipinski definition) is 1. The van der Waals surface area contributed by atoms with Crippen LogP contribution in [-0.4, -0.2) is 49.5 Å². The van der Waals surface area contributed by atoms with Gasteiger partial charge < -0.3 is 28.9 Å². The molecule has 2 heterocycles. The number of nitrogens with zero attached hydrogens (tertiary/aromatic N) is 1. The second-order valence-corrected chi connectivity index (χ2v) is 5.07. The number of methoxy groups -OCH3 is 1. The third kappa shape index (κ3) is 2.67. The predicted molar refractivity (Wildman–Crippen MR) is 72.1 cm³/mol. The van der Waals surface area contributed by atoms with E-state index in [0.717, 1.165) is 5.56 Å². The highest BCUT2D eigenvalue weighted by Crippen LogP contribution is 2.34. The third-order valence-electron chi connectivity index (χ3n) is 3.79. The van der Waals surface area contributed by atoms with E-state index in [0.29, 0.717) is 0 Å². The smallest absolute Gasteiger partial charge is 0.301 e. The van der Waals surface area contributed by atoms with Crippen molar-refractivity contribution in [2.45, 2.75) is 36.9 Å². The molecule has 1 aromatic rings. The fourth-order valence-electron chi connectivity index (χ4n) is 2.69. The van der Waals surface area contributed by atoms with Crippen LogP contribution in [0.4, 0.5) is 0 Å². The lowest BCUT2D eigenvalue weighted by molar-refractivity contribution is -0.335. The molecule has 2 aliphatic rings. The molecule has 6 atom stereocenters. The van der Waals surface area contributed by atoms with Crippen molar-refractivity contribution >= 4 is 0 Å². The zero-order chi connectivity index (χ0) is 14.8. The van der Waals surface area contributed by atoms with Gasteiger partial charge in [-0.15, -0.1) is 0 Å². The van der Waals surface area contributed by atoms with E-state index in [2.05, 4.69) is 4.85 Å². The van der Waals surface area contributed by atoms with Crippen molar-refractivity contribution in [3.05, 3.63) is 47.3 Å². The molecule has 6 nitrogen and oxygen atoms in total. The highest BCUT2D eigenvalue weighted by Gasteiger charge is 2.53.